The summed E-state index contributed by atoms with van der Waals surface area (Å²) in [6.07, 6.45) is 71.2. The first-order valence-electron chi connectivity index (χ1n) is 37.0. The highest BCUT2D eigenvalue weighted by atomic mass is 16.6. The Kier molecular flexibility index (Phi) is 63.5. The molecule has 0 aromatic heterocycles. The van der Waals surface area contributed by atoms with Gasteiger partial charge < -0.3 is 19.3 Å². The zero-order chi connectivity index (χ0) is 59.8. The van der Waals surface area contributed by atoms with Crippen LogP contribution < -0.4 is 0 Å². The summed E-state index contributed by atoms with van der Waals surface area (Å²) in [5.41, 5.74) is -2.72. The number of carbonyl (C=O) groups is 4. The number of esters is 3. The lowest BCUT2D eigenvalue weighted by Gasteiger charge is -2.31. The Bertz CT molecular complexity index is 1350. The largest absolute Gasteiger partial charge is 0.466 e. The number of hydrogen-bond acceptors (Lipinski definition) is 8. The minimum atomic E-state index is -2.72. The molecule has 0 aliphatic rings. The van der Waals surface area contributed by atoms with Crippen LogP contribution in [-0.2, 0) is 33.4 Å². The van der Waals surface area contributed by atoms with Gasteiger partial charge in [-0.2, -0.15) is 0 Å². The Morgan fingerprint density at radius 3 is 0.744 bits per heavy atom. The molecule has 0 fully saturated rings. The van der Waals surface area contributed by atoms with Crippen molar-refractivity contribution in [2.75, 3.05) is 19.8 Å². The van der Waals surface area contributed by atoms with Gasteiger partial charge in [0.15, 0.2) is 17.3 Å². The van der Waals surface area contributed by atoms with Crippen molar-refractivity contribution >= 4 is 23.7 Å². The third-order valence-electron chi connectivity index (χ3n) is 17.6. The van der Waals surface area contributed by atoms with Crippen LogP contribution in [0.5, 0.6) is 0 Å². The number of unbranched alkanes of at least 4 members (excludes halogenated alkanes) is 55. The molecular weight excluding hydrogens is 1020 g/mol. The van der Waals surface area contributed by atoms with Crippen LogP contribution in [0.1, 0.15) is 419 Å². The number of carbonyl (C=O) groups excluding carboxylic acids is 4. The third-order valence-corrected chi connectivity index (χ3v) is 17.6. The summed E-state index contributed by atoms with van der Waals surface area (Å²) >= 11 is 0. The molecule has 8 heteroatoms. The monoisotopic (exact) mass is 1160 g/mol. The molecule has 0 aliphatic heterocycles. The summed E-state index contributed by atoms with van der Waals surface area (Å²) in [6.45, 7) is 9.25. The van der Waals surface area contributed by atoms with Crippen molar-refractivity contribution in [3.8, 4) is 0 Å². The van der Waals surface area contributed by atoms with Crippen LogP contribution in [0.2, 0.25) is 0 Å². The molecule has 0 radical (unpaired) electrons. The maximum Gasteiger partial charge on any atom is 0.340 e. The van der Waals surface area contributed by atoms with Crippen molar-refractivity contribution in [3.63, 3.8) is 0 Å². The molecule has 0 aromatic carbocycles. The first-order valence-corrected chi connectivity index (χ1v) is 37.0. The van der Waals surface area contributed by atoms with Gasteiger partial charge in [0.05, 0.1) is 26.2 Å². The van der Waals surface area contributed by atoms with E-state index in [1.807, 2.05) is 0 Å². The number of aliphatic hydroxyl groups is 1. The van der Waals surface area contributed by atoms with Gasteiger partial charge >= 0.3 is 17.9 Å². The van der Waals surface area contributed by atoms with E-state index in [0.29, 0.717) is 25.7 Å². The van der Waals surface area contributed by atoms with Gasteiger partial charge in [0.25, 0.3) is 0 Å². The lowest BCUT2D eigenvalue weighted by atomic mass is 9.80. The van der Waals surface area contributed by atoms with E-state index in [0.717, 1.165) is 83.5 Å². The van der Waals surface area contributed by atoms with Gasteiger partial charge in [-0.1, -0.05) is 381 Å². The molecular formula is C74H142O8. The van der Waals surface area contributed by atoms with Crippen molar-refractivity contribution in [3.05, 3.63) is 0 Å². The lowest BCUT2D eigenvalue weighted by Crippen LogP contribution is -2.55. The van der Waals surface area contributed by atoms with Crippen LogP contribution >= 0.6 is 0 Å². The fourth-order valence-electron chi connectivity index (χ4n) is 11.9. The van der Waals surface area contributed by atoms with Gasteiger partial charge in [0.2, 0.25) is 0 Å². The first kappa shape index (κ1) is 80.0. The van der Waals surface area contributed by atoms with E-state index < -0.39 is 41.6 Å². The molecule has 82 heavy (non-hydrogen) atoms. The van der Waals surface area contributed by atoms with Crippen molar-refractivity contribution in [1.29, 1.82) is 0 Å². The number of Topliss-reactive ketones (excluding diaryl/α,β-unsaturated/α-hetero) is 1. The fourth-order valence-corrected chi connectivity index (χ4v) is 11.9. The van der Waals surface area contributed by atoms with E-state index in [2.05, 4.69) is 27.7 Å². The second kappa shape index (κ2) is 65.0. The van der Waals surface area contributed by atoms with Gasteiger partial charge in [0.1, 0.15) is 0 Å². The van der Waals surface area contributed by atoms with Gasteiger partial charge in [-0.15, -0.1) is 0 Å². The molecule has 8 nitrogen and oxygen atoms in total. The Balaban J connectivity index is 5.17. The van der Waals surface area contributed by atoms with Gasteiger partial charge in [-0.3, -0.25) is 14.4 Å². The molecule has 0 saturated heterocycles. The van der Waals surface area contributed by atoms with Gasteiger partial charge in [-0.05, 0) is 25.7 Å². The standard InChI is InChI=1S/C74H142O8/c1-5-9-13-17-20-23-26-29-32-35-38-41-44-47-50-53-57-61-65-80-70(76)68-74(79,73(78)82-67-63-59-55-52-49-46-43-40-37-34-31-28-25-22-19-15-11-7-3)71(69(75)64-60-56-16-12-8-4)72(77)81-66-62-58-54-51-48-45-42-39-36-33-30-27-24-21-18-14-10-6-2/h71,79H,5-68H2,1-4H3. The molecule has 0 saturated carbocycles. The highest BCUT2D eigenvalue weighted by Gasteiger charge is 2.55. The molecule has 2 unspecified atom stereocenters. The first-order chi connectivity index (χ1) is 40.3. The number of ether oxygens (including phenoxy) is 3. The zero-order valence-electron chi connectivity index (χ0n) is 55.6. The number of hydrogen-bond donors (Lipinski definition) is 1. The number of rotatable bonds is 69. The van der Waals surface area contributed by atoms with Crippen LogP contribution in [0.15, 0.2) is 0 Å². The van der Waals surface area contributed by atoms with Crippen LogP contribution in [0.25, 0.3) is 0 Å². The summed E-state index contributed by atoms with van der Waals surface area (Å²) in [6, 6.07) is 0. The zero-order valence-corrected chi connectivity index (χ0v) is 55.6. The predicted molar refractivity (Wildman–Crippen MR) is 351 cm³/mol. The molecule has 0 rings (SSSR count). The van der Waals surface area contributed by atoms with Crippen LogP contribution in [0.4, 0.5) is 0 Å². The Labute approximate surface area is 510 Å². The highest BCUT2D eigenvalue weighted by molar-refractivity contribution is 6.06. The summed E-state index contributed by atoms with van der Waals surface area (Å²) in [5.74, 6) is -5.31. The summed E-state index contributed by atoms with van der Waals surface area (Å²) in [4.78, 5) is 55.9. The second-order valence-electron chi connectivity index (χ2n) is 25.7. The molecule has 0 amide bonds. The van der Waals surface area contributed by atoms with Crippen molar-refractivity contribution in [2.24, 2.45) is 5.92 Å². The van der Waals surface area contributed by atoms with Crippen molar-refractivity contribution in [1.82, 2.24) is 0 Å². The van der Waals surface area contributed by atoms with Crippen molar-refractivity contribution in [2.45, 2.75) is 425 Å². The smallest absolute Gasteiger partial charge is 0.340 e. The molecule has 0 heterocycles. The Hall–Kier alpha value is -1.96. The van der Waals surface area contributed by atoms with E-state index >= 15 is 0 Å². The third kappa shape index (κ3) is 53.5. The summed E-state index contributed by atoms with van der Waals surface area (Å²) < 4.78 is 17.1. The Morgan fingerprint density at radius 1 is 0.280 bits per heavy atom. The van der Waals surface area contributed by atoms with Crippen LogP contribution in [0, 0.1) is 5.92 Å². The number of ketones is 1. The quantitative estimate of drug-likeness (QED) is 0.0277. The fraction of sp³-hybridized carbons (Fsp3) is 0.946. The normalized spacial score (nSPS) is 12.6. The average molecular weight is 1160 g/mol. The molecule has 2 atom stereocenters. The maximum atomic E-state index is 14.1. The summed E-state index contributed by atoms with van der Waals surface area (Å²) in [5, 5.41) is 12.4. The average Bonchev–Trinajstić information content (AvgIpc) is 3.61. The molecule has 0 spiro atoms. The lowest BCUT2D eigenvalue weighted by molar-refractivity contribution is -0.188. The van der Waals surface area contributed by atoms with Gasteiger partial charge in [0, 0.05) is 6.42 Å². The molecule has 1 N–H and O–H groups in total. The van der Waals surface area contributed by atoms with E-state index in [4.69, 9.17) is 14.2 Å². The topological polar surface area (TPSA) is 116 Å². The predicted octanol–water partition coefficient (Wildman–Crippen LogP) is 23.4. The highest BCUT2D eigenvalue weighted by Crippen LogP contribution is 2.30. The van der Waals surface area contributed by atoms with E-state index in [-0.39, 0.29) is 26.2 Å². The van der Waals surface area contributed by atoms with E-state index in [9.17, 15) is 24.3 Å². The Morgan fingerprint density at radius 2 is 0.488 bits per heavy atom. The minimum absolute atomic E-state index is 0.00583. The second-order valence-corrected chi connectivity index (χ2v) is 25.7. The van der Waals surface area contributed by atoms with E-state index in [1.54, 1.807) is 0 Å². The summed E-state index contributed by atoms with van der Waals surface area (Å²) in [7, 11) is 0. The van der Waals surface area contributed by atoms with Crippen molar-refractivity contribution < 1.29 is 38.5 Å². The SMILES string of the molecule is CCCCCCCCCCCCCCCCCCCCOC(=O)CC(O)(C(=O)OCCCCCCCCCCCCCCCCCCCC)C(C(=O)CCCCCCC)C(=O)OCCCCCCCCCCCCCCCCCCCC. The molecule has 0 bridgehead atoms. The van der Waals surface area contributed by atoms with Crippen LogP contribution in [0.3, 0.4) is 0 Å². The van der Waals surface area contributed by atoms with Gasteiger partial charge in [-0.25, -0.2) is 4.79 Å². The van der Waals surface area contributed by atoms with E-state index in [1.165, 1.54) is 270 Å². The molecule has 486 valence electrons. The minimum Gasteiger partial charge on any atom is -0.466 e. The molecule has 0 aromatic rings. The maximum absolute atomic E-state index is 14.1. The van der Waals surface area contributed by atoms with Crippen LogP contribution in [-0.4, -0.2) is 54.2 Å². The molecule has 0 aliphatic carbocycles.